The van der Waals surface area contributed by atoms with E-state index in [1.54, 1.807) is 82.3 Å². The van der Waals surface area contributed by atoms with Crippen molar-refractivity contribution in [2.24, 2.45) is 17.2 Å². The lowest BCUT2D eigenvalue weighted by molar-refractivity contribution is -0.140. The van der Waals surface area contributed by atoms with Crippen LogP contribution in [0.3, 0.4) is 0 Å². The van der Waals surface area contributed by atoms with Crippen LogP contribution in [0.1, 0.15) is 56.9 Å². The van der Waals surface area contributed by atoms with Crippen molar-refractivity contribution in [1.82, 2.24) is 98.7 Å². The Labute approximate surface area is 688 Å². The Morgan fingerprint density at radius 3 is 0.897 bits per heavy atom. The molecule has 117 heavy (non-hydrogen) atoms. The van der Waals surface area contributed by atoms with Gasteiger partial charge in [0.15, 0.2) is 54.0 Å². The number of rotatable bonds is 20. The van der Waals surface area contributed by atoms with Crippen LogP contribution in [0.15, 0.2) is 202 Å². The summed E-state index contributed by atoms with van der Waals surface area (Å²) >= 11 is 11.5. The number of nitrogens with two attached hydrogens (primary N) is 3. The maximum absolute atomic E-state index is 12.3. The van der Waals surface area contributed by atoms with E-state index in [1.165, 1.54) is 45.2 Å². The molecule has 0 aliphatic heterocycles. The van der Waals surface area contributed by atoms with Crippen molar-refractivity contribution < 1.29 is 33.4 Å². The Morgan fingerprint density at radius 1 is 0.359 bits per heavy atom. The number of halogens is 1. The lowest BCUT2D eigenvalue weighted by Crippen LogP contribution is -2.23. The van der Waals surface area contributed by atoms with Crippen molar-refractivity contribution in [3.8, 4) is 28.4 Å². The zero-order valence-corrected chi connectivity index (χ0v) is 68.9. The van der Waals surface area contributed by atoms with Gasteiger partial charge < -0.3 is 51.6 Å². The first-order chi connectivity index (χ1) is 55.9. The molecule has 602 valence electrons. The molecule has 0 fully saturated rings. The number of methoxy groups -OCH3 is 2. The number of aryl methyl sites for hydroxylation is 4. The predicted molar refractivity (Wildman–Crippen MR) is 450 cm³/mol. The predicted octanol–water partition coefficient (Wildman–Crippen LogP) is 8.64. The second kappa shape index (κ2) is 37.7. The Morgan fingerprint density at radius 2 is 0.624 bits per heavy atom. The van der Waals surface area contributed by atoms with Crippen molar-refractivity contribution in [2.45, 2.75) is 114 Å². The third-order valence-corrected chi connectivity index (χ3v) is 22.2. The third-order valence-electron chi connectivity index (χ3n) is 17.0. The summed E-state index contributed by atoms with van der Waals surface area (Å²) in [6, 6.07) is 37.9. The lowest BCUT2D eigenvalue weighted by atomic mass is 10.2. The number of amides is 3. The van der Waals surface area contributed by atoms with Gasteiger partial charge in [0, 0.05) is 5.02 Å². The number of carbonyl (C=O) groups excluding carboxylic acids is 5. The molecule has 0 aliphatic rings. The molecule has 0 bridgehead atoms. The summed E-state index contributed by atoms with van der Waals surface area (Å²) in [5, 5.41) is 23.0. The average molecular weight is 1700 g/mol. The van der Waals surface area contributed by atoms with E-state index in [0.29, 0.717) is 86.0 Å². The number of nitrogens with zero attached hydrogens (tertiary/aromatic N) is 15. The van der Waals surface area contributed by atoms with Crippen LogP contribution in [-0.2, 0) is 33.4 Å². The molecule has 3 amide bonds. The number of nitrogens with one attached hydrogen (secondary N) is 5. The number of esters is 2. The normalized spacial score (nSPS) is 12.4. The highest BCUT2D eigenvalue weighted by Gasteiger charge is 2.24. The Kier molecular flexibility index (Phi) is 27.4. The topological polar surface area (TPSA) is 500 Å². The summed E-state index contributed by atoms with van der Waals surface area (Å²) in [6.45, 7) is 16.2. The number of benzene rings is 5. The van der Waals surface area contributed by atoms with Crippen LogP contribution >= 0.6 is 70.4 Å². The Bertz CT molecular complexity index is 6570. The first-order valence-corrected chi connectivity index (χ1v) is 40.0. The Hall–Kier alpha value is -12.8. The van der Waals surface area contributed by atoms with E-state index in [-0.39, 0.29) is 39.7 Å². The number of hydrogen-bond acceptors (Lipinski definition) is 27. The minimum atomic E-state index is -0.512. The molecule has 15 aromatic rings. The van der Waals surface area contributed by atoms with Crippen LogP contribution in [-0.4, -0.2) is 169 Å². The van der Waals surface area contributed by atoms with E-state index in [1.807, 2.05) is 125 Å². The second-order valence-corrected chi connectivity index (χ2v) is 32.7. The highest BCUT2D eigenvalue weighted by molar-refractivity contribution is 8.01. The molecule has 0 aliphatic carbocycles. The maximum Gasteiger partial charge on any atom is 0.318 e. The standard InChI is InChI=1S/2C16H16N4O3S.2C15H15N5O2S.C14H12ClN5O2S/c1-9-5-4-6-11(7-9)20-13-12(8-17-20)14(21)19-16(18-13)24-10(2)15(22)23-3;1-9-6-4-5-7-12(9)20-13-11(8-17-20)14(21)19-16(18-13)24-10(2)15(22)23-3;1-8-4-3-5-10(6-8)20-13-11(7-17-20)14(22)19-15(18-13)23-9(2)12(16)21;1-8-5-3-4-6-11(8)20-13-10(7-17-20)14(22)19-15(18-13)23-9(2)12(16)21;1-7(11(16)21)23-14-18-12-10(13(22)19-14)6-17-20(12)9-4-2-8(15)3-5-9/h2*4-8,10H,1-3H3,(H,18,19,21);2*3-7,9H,1-2H3,(H2,16,21)(H,18,19,22);2-7H,1H3,(H2,16,21)(H,18,19,22). The second-order valence-electron chi connectivity index (χ2n) is 25.6. The van der Waals surface area contributed by atoms with Gasteiger partial charge in [-0.1, -0.05) is 131 Å². The minimum Gasteiger partial charge on any atom is -0.468 e. The smallest absolute Gasteiger partial charge is 0.318 e. The van der Waals surface area contributed by atoms with Crippen molar-refractivity contribution in [3.63, 3.8) is 0 Å². The van der Waals surface area contributed by atoms with Gasteiger partial charge in [-0.15, -0.1) is 0 Å². The fraction of sp³-hybridized carbons (Fsp3) is 0.211. The number of para-hydroxylation sites is 2. The van der Waals surface area contributed by atoms with Gasteiger partial charge in [0.2, 0.25) is 17.7 Å². The molecule has 10 aromatic heterocycles. The molecule has 0 radical (unpaired) electrons. The van der Waals surface area contributed by atoms with Gasteiger partial charge >= 0.3 is 11.9 Å². The monoisotopic (exact) mass is 1700 g/mol. The summed E-state index contributed by atoms with van der Waals surface area (Å²) < 4.78 is 17.4. The van der Waals surface area contributed by atoms with Gasteiger partial charge in [0.25, 0.3) is 27.8 Å². The fourth-order valence-corrected chi connectivity index (χ4v) is 14.8. The minimum absolute atomic E-state index is 0.292. The SMILES string of the molecule is CC(Sc1nc2c(cnn2-c2ccc(Cl)cc2)c(=O)[nH]1)C(N)=O.COC(=O)C(C)Sc1nc2c(cnn2-c2cccc(C)c2)c(=O)[nH]1.COC(=O)C(C)Sc1nc2c(cnn2-c2ccccc2C)c(=O)[nH]1.Cc1cccc(-n2ncc3c(=O)[nH]c(SC(C)C(N)=O)nc32)c1.Cc1ccccc1-n1ncc2c(=O)[nH]c(SC(C)C(N)=O)nc21. The molecular weight excluding hydrogens is 1620 g/mol. The molecule has 11 N–H and O–H groups in total. The fourth-order valence-electron chi connectivity index (χ4n) is 10.8. The molecule has 41 heteroatoms. The van der Waals surface area contributed by atoms with E-state index < -0.39 is 44.0 Å². The van der Waals surface area contributed by atoms with Gasteiger partial charge in [-0.3, -0.25) is 47.9 Å². The van der Waals surface area contributed by atoms with E-state index >= 15 is 0 Å². The zero-order chi connectivity index (χ0) is 84.2. The lowest BCUT2D eigenvalue weighted by Gasteiger charge is -2.09. The zero-order valence-electron chi connectivity index (χ0n) is 64.1. The molecule has 5 aromatic carbocycles. The molecule has 0 saturated heterocycles. The number of thioether (sulfide) groups is 5. The summed E-state index contributed by atoms with van der Waals surface area (Å²) in [5.74, 6) is -2.18. The Balaban J connectivity index is 0.000000144. The van der Waals surface area contributed by atoms with Crippen molar-refractivity contribution in [1.29, 1.82) is 0 Å². The number of hydrogen-bond donors (Lipinski definition) is 8. The number of H-pyrrole nitrogens is 5. The first-order valence-electron chi connectivity index (χ1n) is 35.2. The van der Waals surface area contributed by atoms with Crippen molar-refractivity contribution in [2.75, 3.05) is 14.2 Å². The van der Waals surface area contributed by atoms with Gasteiger partial charge in [-0.25, -0.2) is 48.3 Å². The molecule has 5 atom stereocenters. The van der Waals surface area contributed by atoms with Crippen molar-refractivity contribution >= 4 is 155 Å². The number of aromatic amines is 5. The van der Waals surface area contributed by atoms with Crippen LogP contribution in [0.25, 0.3) is 83.6 Å². The summed E-state index contributed by atoms with van der Waals surface area (Å²) in [5.41, 5.74) is 24.7. The van der Waals surface area contributed by atoms with Gasteiger partial charge in [-0.05, 0) is 145 Å². The summed E-state index contributed by atoms with van der Waals surface area (Å²) in [6.07, 6.45) is 7.39. The number of ether oxygens (including phenoxy) is 2. The first kappa shape index (κ1) is 85.1. The molecule has 0 saturated carbocycles. The van der Waals surface area contributed by atoms with Crippen molar-refractivity contribution in [3.05, 3.63) is 231 Å². The van der Waals surface area contributed by atoms with Crippen LogP contribution in [0.4, 0.5) is 0 Å². The molecule has 5 unspecified atom stereocenters. The van der Waals surface area contributed by atoms with E-state index in [2.05, 4.69) is 75.3 Å². The maximum atomic E-state index is 12.3. The third kappa shape index (κ3) is 20.3. The highest BCUT2D eigenvalue weighted by Crippen LogP contribution is 2.29. The molecule has 15 rings (SSSR count). The molecule has 35 nitrogen and oxygen atoms in total. The van der Waals surface area contributed by atoms with Gasteiger partial charge in [0.1, 0.15) is 37.4 Å². The molecule has 10 heterocycles. The summed E-state index contributed by atoms with van der Waals surface area (Å²) in [4.78, 5) is 153. The van der Waals surface area contributed by atoms with E-state index in [9.17, 15) is 47.9 Å². The number of fused-ring (bicyclic) bond motifs is 5. The molecular formula is C76H74ClN23O12S5. The van der Waals surface area contributed by atoms with Crippen LogP contribution in [0, 0.1) is 27.7 Å². The molecule has 0 spiro atoms. The van der Waals surface area contributed by atoms with Crippen LogP contribution in [0.2, 0.25) is 5.02 Å². The number of primary amides is 3. The van der Waals surface area contributed by atoms with Crippen LogP contribution in [0.5, 0.6) is 0 Å². The summed E-state index contributed by atoms with van der Waals surface area (Å²) in [7, 11) is 2.65. The number of aromatic nitrogens is 20. The van der Waals surface area contributed by atoms with Gasteiger partial charge in [-0.2, -0.15) is 25.5 Å². The quantitative estimate of drug-likeness (QED) is 0.0201. The largest absolute Gasteiger partial charge is 0.468 e. The average Bonchev–Trinajstić information content (AvgIpc) is 1.73. The van der Waals surface area contributed by atoms with Gasteiger partial charge in [0.05, 0.1) is 89.4 Å². The van der Waals surface area contributed by atoms with E-state index in [4.69, 9.17) is 38.3 Å². The van der Waals surface area contributed by atoms with E-state index in [0.717, 1.165) is 110 Å². The number of carbonyl (C=O) groups is 5. The highest BCUT2D eigenvalue weighted by atomic mass is 35.5. The van der Waals surface area contributed by atoms with Crippen LogP contribution < -0.4 is 45.0 Å².